The van der Waals surface area contributed by atoms with E-state index in [1.807, 2.05) is 107 Å². The Labute approximate surface area is 353 Å². The Kier molecular flexibility index (Phi) is 18.3. The van der Waals surface area contributed by atoms with Gasteiger partial charge >= 0.3 is 12.1 Å². The van der Waals surface area contributed by atoms with Crippen LogP contribution in [0.15, 0.2) is 84.8 Å². The van der Waals surface area contributed by atoms with Crippen LogP contribution in [0.2, 0.25) is 0 Å². The standard InChI is InChI=1S/C42H56N6O6.C2HF3O2/c1-26(2)22-34(46-40(51)33(20-19-29-14-10-9-11-15-29)45-42(53)39(27(3)4)47(6)7)41(52)44-28(5)18-21-37(49)48-35(36(54-8)24-38(48)50)23-30-25-43-32-17-13-12-16-31(30)32;3-2(4,5)1(6)7/h9-18,21,24-28,33-35,39,43H,19-20,22-23H2,1-8H3,(H,44,52)(H,45,53)(H,46,51);(H,6,7)/b21-18+;/t28-,33-,34-,35-,39-;/m0./s1. The van der Waals surface area contributed by atoms with Gasteiger partial charge in [-0.1, -0.05) is 82.3 Å². The molecule has 0 bridgehead atoms. The molecule has 2 aromatic carbocycles. The number of nitrogens with zero attached hydrogens (tertiary/aromatic N) is 2. The minimum atomic E-state index is -5.08. The van der Waals surface area contributed by atoms with Gasteiger partial charge in [0.25, 0.3) is 11.8 Å². The molecule has 17 heteroatoms. The first-order chi connectivity index (χ1) is 28.6. The number of methoxy groups -OCH3 is 1. The van der Waals surface area contributed by atoms with Gasteiger partial charge in [0.2, 0.25) is 17.7 Å². The van der Waals surface area contributed by atoms with E-state index in [4.69, 9.17) is 14.6 Å². The van der Waals surface area contributed by atoms with Gasteiger partial charge in [-0.25, -0.2) is 4.79 Å². The number of aryl methyl sites for hydroxylation is 1. The maximum absolute atomic E-state index is 13.9. The number of aromatic amines is 1. The first-order valence-electron chi connectivity index (χ1n) is 19.9. The number of H-pyrrole nitrogens is 1. The molecule has 0 saturated carbocycles. The van der Waals surface area contributed by atoms with Crippen molar-refractivity contribution in [2.24, 2.45) is 11.8 Å². The molecule has 0 spiro atoms. The predicted octanol–water partition coefficient (Wildman–Crippen LogP) is 4.91. The number of carbonyl (C=O) groups is 6. The van der Waals surface area contributed by atoms with Crippen molar-refractivity contribution in [3.05, 3.63) is 95.9 Å². The summed E-state index contributed by atoms with van der Waals surface area (Å²) in [5, 5.41) is 16.9. The predicted molar refractivity (Wildman–Crippen MR) is 224 cm³/mol. The quantitative estimate of drug-likeness (QED) is 0.111. The van der Waals surface area contributed by atoms with Gasteiger partial charge in [0, 0.05) is 41.7 Å². The Hall–Kier alpha value is -5.97. The maximum Gasteiger partial charge on any atom is 0.490 e. The van der Waals surface area contributed by atoms with Crippen molar-refractivity contribution in [2.75, 3.05) is 21.2 Å². The van der Waals surface area contributed by atoms with E-state index in [-0.39, 0.29) is 17.7 Å². The number of aliphatic carboxylic acids is 1. The molecule has 0 fully saturated rings. The van der Waals surface area contributed by atoms with Crippen LogP contribution in [0, 0.1) is 11.8 Å². The van der Waals surface area contributed by atoms with Crippen molar-refractivity contribution in [1.82, 2.24) is 30.7 Å². The van der Waals surface area contributed by atoms with E-state index in [0.717, 1.165) is 26.9 Å². The number of para-hydroxylation sites is 1. The number of benzene rings is 2. The Morgan fingerprint density at radius 3 is 2.07 bits per heavy atom. The SMILES string of the molecule is COC1=CC(=O)N(C(=O)/C=C/[C@H](C)NC(=O)[C@H](CC(C)C)NC(=O)[C@H](CCc2ccccc2)NC(=O)[C@H](C(C)C)N(C)C)[C@H]1Cc1c[nH]c2ccccc12.O=C(O)C(F)(F)F. The lowest BCUT2D eigenvalue weighted by atomic mass is 9.99. The van der Waals surface area contributed by atoms with E-state index in [2.05, 4.69) is 20.9 Å². The fraction of sp³-hybridized carbons (Fsp3) is 0.455. The summed E-state index contributed by atoms with van der Waals surface area (Å²) in [5.41, 5.74) is 2.91. The van der Waals surface area contributed by atoms with Crippen LogP contribution in [0.5, 0.6) is 0 Å². The molecule has 1 aliphatic rings. The van der Waals surface area contributed by atoms with Crippen molar-refractivity contribution < 1.29 is 51.8 Å². The summed E-state index contributed by atoms with van der Waals surface area (Å²) < 4.78 is 37.2. The minimum absolute atomic E-state index is 0.00554. The normalized spacial score (nSPS) is 16.2. The van der Waals surface area contributed by atoms with Gasteiger partial charge < -0.3 is 30.8 Å². The number of likely N-dealkylation sites (N-methyl/N-ethyl adjacent to an activating group) is 1. The van der Waals surface area contributed by atoms with Crippen molar-refractivity contribution in [2.45, 2.75) is 96.7 Å². The zero-order valence-corrected chi connectivity index (χ0v) is 35.7. The number of hydrogen-bond donors (Lipinski definition) is 5. The van der Waals surface area contributed by atoms with E-state index in [9.17, 15) is 37.1 Å². The van der Waals surface area contributed by atoms with Crippen LogP contribution in [0.3, 0.4) is 0 Å². The number of imide groups is 1. The molecule has 3 aromatic rings. The van der Waals surface area contributed by atoms with Gasteiger partial charge in [-0.2, -0.15) is 13.2 Å². The zero-order valence-electron chi connectivity index (χ0n) is 35.7. The number of carboxylic acid groups (broad SMARTS) is 1. The molecule has 61 heavy (non-hydrogen) atoms. The highest BCUT2D eigenvalue weighted by Gasteiger charge is 2.39. The van der Waals surface area contributed by atoms with Crippen LogP contribution in [0.4, 0.5) is 13.2 Å². The van der Waals surface area contributed by atoms with E-state index < -0.39 is 66.0 Å². The summed E-state index contributed by atoms with van der Waals surface area (Å²) in [6, 6.07) is 14.0. The molecule has 0 unspecified atom stereocenters. The number of carbonyl (C=O) groups excluding carboxylic acids is 5. The molecule has 1 aromatic heterocycles. The molecule has 0 saturated heterocycles. The number of ether oxygens (including phenoxy) is 1. The topological polar surface area (TPSA) is 190 Å². The van der Waals surface area contributed by atoms with Crippen LogP contribution < -0.4 is 16.0 Å². The second-order valence-corrected chi connectivity index (χ2v) is 15.8. The molecule has 4 rings (SSSR count). The number of hydrogen-bond acceptors (Lipinski definition) is 8. The highest BCUT2D eigenvalue weighted by molar-refractivity contribution is 6.08. The van der Waals surface area contributed by atoms with Crippen molar-refractivity contribution in [3.8, 4) is 0 Å². The second kappa shape index (κ2) is 22.6. The third-order valence-electron chi connectivity index (χ3n) is 9.84. The number of aromatic nitrogens is 1. The molecule has 5 N–H and O–H groups in total. The average Bonchev–Trinajstić information content (AvgIpc) is 3.74. The van der Waals surface area contributed by atoms with Crippen molar-refractivity contribution >= 4 is 46.4 Å². The Balaban J connectivity index is 0.00000130. The lowest BCUT2D eigenvalue weighted by Crippen LogP contribution is -2.57. The summed E-state index contributed by atoms with van der Waals surface area (Å²) in [7, 11) is 5.13. The minimum Gasteiger partial charge on any atom is -0.499 e. The van der Waals surface area contributed by atoms with E-state index in [1.54, 1.807) is 6.92 Å². The molecule has 2 heterocycles. The molecule has 0 aliphatic carbocycles. The number of amides is 5. The summed E-state index contributed by atoms with van der Waals surface area (Å²) in [4.78, 5) is 82.6. The van der Waals surface area contributed by atoms with Gasteiger partial charge in [0.15, 0.2) is 0 Å². The van der Waals surface area contributed by atoms with Crippen molar-refractivity contribution in [3.63, 3.8) is 0 Å². The molecular formula is C44H57F3N6O8. The lowest BCUT2D eigenvalue weighted by Gasteiger charge is -2.30. The van der Waals surface area contributed by atoms with Gasteiger partial charge in [-0.3, -0.25) is 33.8 Å². The largest absolute Gasteiger partial charge is 0.499 e. The zero-order chi connectivity index (χ0) is 45.6. The Bertz CT molecular complexity index is 2040. The molecular weight excluding hydrogens is 798 g/mol. The number of carboxylic acids is 1. The van der Waals surface area contributed by atoms with Crippen LogP contribution in [-0.4, -0.2) is 113 Å². The third-order valence-corrected chi connectivity index (χ3v) is 9.84. The monoisotopic (exact) mass is 854 g/mol. The van der Waals surface area contributed by atoms with Crippen LogP contribution in [-0.2, 0) is 46.3 Å². The Morgan fingerprint density at radius 2 is 1.49 bits per heavy atom. The Morgan fingerprint density at radius 1 is 0.902 bits per heavy atom. The molecule has 14 nitrogen and oxygen atoms in total. The summed E-state index contributed by atoms with van der Waals surface area (Å²) in [6.07, 6.45) is 2.51. The summed E-state index contributed by atoms with van der Waals surface area (Å²) >= 11 is 0. The number of alkyl halides is 3. The molecule has 1 aliphatic heterocycles. The van der Waals surface area contributed by atoms with E-state index in [1.165, 1.54) is 25.3 Å². The fourth-order valence-electron chi connectivity index (χ4n) is 7.00. The average molecular weight is 855 g/mol. The van der Waals surface area contributed by atoms with Crippen LogP contribution >= 0.6 is 0 Å². The second-order valence-electron chi connectivity index (χ2n) is 15.8. The first-order valence-corrected chi connectivity index (χ1v) is 19.9. The van der Waals surface area contributed by atoms with Gasteiger partial charge in [0.1, 0.15) is 23.9 Å². The molecule has 332 valence electrons. The molecule has 5 amide bonds. The number of rotatable bonds is 18. The van der Waals surface area contributed by atoms with Crippen molar-refractivity contribution in [1.29, 1.82) is 0 Å². The highest BCUT2D eigenvalue weighted by atomic mass is 19.4. The van der Waals surface area contributed by atoms with Crippen LogP contribution in [0.25, 0.3) is 10.9 Å². The number of halogens is 3. The first kappa shape index (κ1) is 49.4. The third kappa shape index (κ3) is 14.6. The van der Waals surface area contributed by atoms with Gasteiger partial charge in [0.05, 0.1) is 13.2 Å². The molecule has 5 atom stereocenters. The van der Waals surface area contributed by atoms with Crippen LogP contribution in [0.1, 0.15) is 58.6 Å². The number of nitrogens with one attached hydrogen (secondary N) is 4. The van der Waals surface area contributed by atoms with Gasteiger partial charge in [-0.15, -0.1) is 0 Å². The van der Waals surface area contributed by atoms with E-state index >= 15 is 0 Å². The maximum atomic E-state index is 13.9. The fourth-order valence-corrected chi connectivity index (χ4v) is 7.00. The lowest BCUT2D eigenvalue weighted by molar-refractivity contribution is -0.192. The highest BCUT2D eigenvalue weighted by Crippen LogP contribution is 2.28. The number of fused-ring (bicyclic) bond motifs is 1. The smallest absolute Gasteiger partial charge is 0.490 e. The summed E-state index contributed by atoms with van der Waals surface area (Å²) in [6.45, 7) is 9.52. The van der Waals surface area contributed by atoms with E-state index in [0.29, 0.717) is 31.4 Å². The van der Waals surface area contributed by atoms with Gasteiger partial charge in [-0.05, 0) is 69.3 Å². The summed E-state index contributed by atoms with van der Waals surface area (Å²) in [5.74, 6) is -4.47. The molecule has 0 radical (unpaired) electrons.